The molecule has 2 heterocycles. The summed E-state index contributed by atoms with van der Waals surface area (Å²) in [4.78, 5) is 34.7. The number of hydrogen-bond acceptors (Lipinski definition) is 5. The minimum Gasteiger partial charge on any atom is -0.305 e. The van der Waals surface area contributed by atoms with Crippen molar-refractivity contribution in [2.75, 3.05) is 5.32 Å². The summed E-state index contributed by atoms with van der Waals surface area (Å²) in [5.74, 6) is -0.254. The van der Waals surface area contributed by atoms with E-state index in [1.807, 2.05) is 19.1 Å². The van der Waals surface area contributed by atoms with Gasteiger partial charge in [-0.3, -0.25) is 14.9 Å². The summed E-state index contributed by atoms with van der Waals surface area (Å²) in [6.07, 6.45) is 2.54. The molecule has 0 aliphatic heterocycles. The van der Waals surface area contributed by atoms with Gasteiger partial charge in [0.25, 0.3) is 11.5 Å². The van der Waals surface area contributed by atoms with E-state index in [0.717, 1.165) is 21.3 Å². The molecule has 1 N–H and O–H groups in total. The molecule has 0 saturated heterocycles. The SMILES string of the molecule is CCn1c(=O)c(C)nc2cc(C(=O)Nc3ncc(Cc4ccc(Br)cc4)s3)ccc21. The van der Waals surface area contributed by atoms with Gasteiger partial charge in [-0.05, 0) is 49.7 Å². The summed E-state index contributed by atoms with van der Waals surface area (Å²) < 4.78 is 2.70. The van der Waals surface area contributed by atoms with E-state index < -0.39 is 0 Å². The molecule has 4 rings (SSSR count). The number of nitrogens with zero attached hydrogens (tertiary/aromatic N) is 3. The van der Waals surface area contributed by atoms with Crippen LogP contribution in [0.15, 0.2) is 57.9 Å². The van der Waals surface area contributed by atoms with Crippen molar-refractivity contribution in [3.8, 4) is 0 Å². The number of rotatable bonds is 5. The van der Waals surface area contributed by atoms with Crippen LogP contribution in [0.5, 0.6) is 0 Å². The van der Waals surface area contributed by atoms with Crippen LogP contribution in [-0.2, 0) is 13.0 Å². The first-order valence-electron chi connectivity index (χ1n) is 9.46. The zero-order chi connectivity index (χ0) is 21.3. The van der Waals surface area contributed by atoms with Gasteiger partial charge in [0.2, 0.25) is 0 Å². The molecule has 152 valence electrons. The predicted molar refractivity (Wildman–Crippen MR) is 123 cm³/mol. The molecule has 0 bridgehead atoms. The monoisotopic (exact) mass is 482 g/mol. The largest absolute Gasteiger partial charge is 0.305 e. The topological polar surface area (TPSA) is 76.9 Å². The molecule has 8 heteroatoms. The van der Waals surface area contributed by atoms with Crippen LogP contribution in [0.1, 0.15) is 33.4 Å². The number of thiazole rings is 1. The fourth-order valence-electron chi connectivity index (χ4n) is 3.25. The molecular formula is C22H19BrN4O2S. The Labute approximate surface area is 185 Å². The first-order chi connectivity index (χ1) is 14.4. The average molecular weight is 483 g/mol. The Morgan fingerprint density at radius 1 is 1.20 bits per heavy atom. The summed E-state index contributed by atoms with van der Waals surface area (Å²) in [6.45, 7) is 4.14. The van der Waals surface area contributed by atoms with Gasteiger partial charge in [0.05, 0.1) is 11.0 Å². The lowest BCUT2D eigenvalue weighted by molar-refractivity contribution is 0.102. The third-order valence-corrected chi connectivity index (χ3v) is 6.19. The summed E-state index contributed by atoms with van der Waals surface area (Å²) in [5.41, 5.74) is 3.30. The third-order valence-electron chi connectivity index (χ3n) is 4.75. The van der Waals surface area contributed by atoms with Crippen molar-refractivity contribution in [3.63, 3.8) is 0 Å². The smallest absolute Gasteiger partial charge is 0.272 e. The third kappa shape index (κ3) is 4.20. The highest BCUT2D eigenvalue weighted by molar-refractivity contribution is 9.10. The number of halogens is 1. The lowest BCUT2D eigenvalue weighted by Gasteiger charge is -2.10. The Morgan fingerprint density at radius 3 is 2.70 bits per heavy atom. The number of hydrogen-bond donors (Lipinski definition) is 1. The molecule has 30 heavy (non-hydrogen) atoms. The van der Waals surface area contributed by atoms with E-state index in [4.69, 9.17) is 0 Å². The predicted octanol–water partition coefficient (Wildman–Crippen LogP) is 4.79. The number of anilines is 1. The lowest BCUT2D eigenvalue weighted by Crippen LogP contribution is -2.23. The second kappa shape index (κ2) is 8.49. The Hall–Kier alpha value is -2.84. The minimum absolute atomic E-state index is 0.108. The number of amides is 1. The molecule has 0 atom stereocenters. The van der Waals surface area contributed by atoms with Gasteiger partial charge < -0.3 is 4.57 Å². The normalized spacial score (nSPS) is 11.0. The average Bonchev–Trinajstić information content (AvgIpc) is 3.17. The molecule has 0 aliphatic carbocycles. The van der Waals surface area contributed by atoms with Crippen molar-refractivity contribution in [1.29, 1.82) is 0 Å². The van der Waals surface area contributed by atoms with E-state index >= 15 is 0 Å². The summed E-state index contributed by atoms with van der Waals surface area (Å²) in [6, 6.07) is 13.3. The van der Waals surface area contributed by atoms with E-state index in [1.165, 1.54) is 16.9 Å². The van der Waals surface area contributed by atoms with Gasteiger partial charge in [-0.25, -0.2) is 9.97 Å². The van der Waals surface area contributed by atoms with Crippen molar-refractivity contribution in [2.45, 2.75) is 26.8 Å². The van der Waals surface area contributed by atoms with Crippen LogP contribution < -0.4 is 10.9 Å². The van der Waals surface area contributed by atoms with Crippen molar-refractivity contribution in [2.24, 2.45) is 0 Å². The Kier molecular flexibility index (Phi) is 5.78. The highest BCUT2D eigenvalue weighted by Gasteiger charge is 2.13. The number of carbonyl (C=O) groups excluding carboxylic acids is 1. The lowest BCUT2D eigenvalue weighted by atomic mass is 10.1. The highest BCUT2D eigenvalue weighted by atomic mass is 79.9. The van der Waals surface area contributed by atoms with E-state index in [-0.39, 0.29) is 11.5 Å². The Bertz CT molecular complexity index is 1290. The van der Waals surface area contributed by atoms with E-state index in [9.17, 15) is 9.59 Å². The van der Waals surface area contributed by atoms with Crippen LogP contribution in [0.2, 0.25) is 0 Å². The molecule has 0 fully saturated rings. The zero-order valence-corrected chi connectivity index (χ0v) is 18.9. The molecule has 1 amide bonds. The molecule has 2 aromatic carbocycles. The molecule has 2 aromatic heterocycles. The molecule has 0 radical (unpaired) electrons. The second-order valence-corrected chi connectivity index (χ2v) is 8.87. The maximum atomic E-state index is 12.7. The molecule has 0 unspecified atom stereocenters. The van der Waals surface area contributed by atoms with Gasteiger partial charge >= 0.3 is 0 Å². The highest BCUT2D eigenvalue weighted by Crippen LogP contribution is 2.23. The standard InChI is InChI=1S/C22H19BrN4O2S/c1-3-27-19-9-6-15(11-18(19)25-13(2)21(27)29)20(28)26-22-24-12-17(30-22)10-14-4-7-16(23)8-5-14/h4-9,11-12H,3,10H2,1-2H3,(H,24,26,28). The van der Waals surface area contributed by atoms with Crippen LogP contribution in [0.4, 0.5) is 5.13 Å². The fourth-order valence-corrected chi connectivity index (χ4v) is 4.36. The van der Waals surface area contributed by atoms with Gasteiger partial charge in [0.15, 0.2) is 5.13 Å². The van der Waals surface area contributed by atoms with E-state index in [1.54, 1.807) is 35.9 Å². The van der Waals surface area contributed by atoms with E-state index in [0.29, 0.717) is 28.5 Å². The molecule has 0 aliphatic rings. The van der Waals surface area contributed by atoms with E-state index in [2.05, 4.69) is 43.3 Å². The first kappa shape index (κ1) is 20.4. The Morgan fingerprint density at radius 2 is 1.97 bits per heavy atom. The maximum Gasteiger partial charge on any atom is 0.272 e. The van der Waals surface area contributed by atoms with Crippen LogP contribution in [-0.4, -0.2) is 20.4 Å². The maximum absolute atomic E-state index is 12.7. The molecule has 0 saturated carbocycles. The summed E-state index contributed by atoms with van der Waals surface area (Å²) >= 11 is 4.89. The van der Waals surface area contributed by atoms with Crippen molar-refractivity contribution >= 4 is 49.3 Å². The van der Waals surface area contributed by atoms with Crippen LogP contribution in [0.25, 0.3) is 11.0 Å². The van der Waals surface area contributed by atoms with Crippen LogP contribution in [0, 0.1) is 6.92 Å². The molecule has 6 nitrogen and oxygen atoms in total. The quantitative estimate of drug-likeness (QED) is 0.443. The number of nitrogens with one attached hydrogen (secondary N) is 1. The van der Waals surface area contributed by atoms with Gasteiger partial charge in [-0.2, -0.15) is 0 Å². The number of fused-ring (bicyclic) bond motifs is 1. The van der Waals surface area contributed by atoms with Gasteiger partial charge in [-0.15, -0.1) is 11.3 Å². The van der Waals surface area contributed by atoms with Crippen molar-refractivity contribution in [1.82, 2.24) is 14.5 Å². The van der Waals surface area contributed by atoms with Gasteiger partial charge in [0.1, 0.15) is 5.69 Å². The van der Waals surface area contributed by atoms with Crippen molar-refractivity contribution in [3.05, 3.63) is 85.2 Å². The fraction of sp³-hybridized carbons (Fsp3) is 0.182. The summed E-state index contributed by atoms with van der Waals surface area (Å²) in [5, 5.41) is 3.41. The van der Waals surface area contributed by atoms with Crippen molar-refractivity contribution < 1.29 is 4.79 Å². The number of aromatic nitrogens is 3. The first-order valence-corrected chi connectivity index (χ1v) is 11.1. The molecule has 0 spiro atoms. The number of carbonyl (C=O) groups is 1. The summed E-state index contributed by atoms with van der Waals surface area (Å²) in [7, 11) is 0. The Balaban J connectivity index is 1.53. The number of aryl methyl sites for hydroxylation is 2. The van der Waals surface area contributed by atoms with Crippen LogP contribution in [0.3, 0.4) is 0 Å². The molecule has 4 aromatic rings. The molecular weight excluding hydrogens is 464 g/mol. The second-order valence-electron chi connectivity index (χ2n) is 6.84. The minimum atomic E-state index is -0.254. The number of benzene rings is 2. The van der Waals surface area contributed by atoms with Crippen LogP contribution >= 0.6 is 27.3 Å². The van der Waals surface area contributed by atoms with Gasteiger partial charge in [0, 0.05) is 34.1 Å². The van der Waals surface area contributed by atoms with Gasteiger partial charge in [-0.1, -0.05) is 28.1 Å². The zero-order valence-electron chi connectivity index (χ0n) is 16.5.